The largest absolute Gasteiger partial charge is 0.466 e. The lowest BCUT2D eigenvalue weighted by molar-refractivity contribution is -0.142. The molecule has 1 aromatic rings. The molecule has 17 heavy (non-hydrogen) atoms. The molecule has 0 spiro atoms. The second kappa shape index (κ2) is 6.59. The maximum Gasteiger partial charge on any atom is 0.307 e. The minimum atomic E-state index is -0.178. The third-order valence-electron chi connectivity index (χ3n) is 2.28. The van der Waals surface area contributed by atoms with Gasteiger partial charge in [-0.15, -0.1) is 0 Å². The number of nitrogens with zero attached hydrogens (tertiary/aromatic N) is 2. The molecule has 4 nitrogen and oxygen atoms in total. The molecule has 0 aliphatic rings. The van der Waals surface area contributed by atoms with Gasteiger partial charge in [0, 0.05) is 19.8 Å². The molecular formula is C12H17BrN2O2. The highest BCUT2D eigenvalue weighted by Gasteiger charge is 2.10. The van der Waals surface area contributed by atoms with Crippen LogP contribution in [0.5, 0.6) is 0 Å². The lowest BCUT2D eigenvalue weighted by Crippen LogP contribution is -2.23. The first-order chi connectivity index (χ1) is 8.04. The molecule has 94 valence electrons. The molecular weight excluding hydrogens is 284 g/mol. The van der Waals surface area contributed by atoms with Crippen molar-refractivity contribution < 1.29 is 9.53 Å². The Bertz CT molecular complexity index is 396. The molecule has 0 aliphatic carbocycles. The summed E-state index contributed by atoms with van der Waals surface area (Å²) in [6.45, 7) is 4.81. The van der Waals surface area contributed by atoms with Crippen LogP contribution in [0, 0.1) is 6.92 Å². The Balaban J connectivity index is 2.57. The zero-order chi connectivity index (χ0) is 12.8. The number of esters is 1. The van der Waals surface area contributed by atoms with E-state index in [1.807, 2.05) is 24.9 Å². The van der Waals surface area contributed by atoms with Gasteiger partial charge in [-0.25, -0.2) is 4.98 Å². The third-order valence-corrected chi connectivity index (χ3v) is 2.86. The summed E-state index contributed by atoms with van der Waals surface area (Å²) in [5, 5.41) is 0. The minimum absolute atomic E-state index is 0.178. The second-order valence-electron chi connectivity index (χ2n) is 3.79. The maximum atomic E-state index is 11.2. The van der Waals surface area contributed by atoms with E-state index < -0.39 is 0 Å². The average molecular weight is 301 g/mol. The van der Waals surface area contributed by atoms with Crippen LogP contribution in [0.15, 0.2) is 16.7 Å². The van der Waals surface area contributed by atoms with Gasteiger partial charge in [-0.05, 0) is 41.4 Å². The van der Waals surface area contributed by atoms with Crippen LogP contribution in [0.2, 0.25) is 0 Å². The first-order valence-electron chi connectivity index (χ1n) is 5.53. The quantitative estimate of drug-likeness (QED) is 0.784. The molecule has 0 unspecified atom stereocenters. The molecule has 0 radical (unpaired) electrons. The van der Waals surface area contributed by atoms with E-state index in [-0.39, 0.29) is 5.97 Å². The Hall–Kier alpha value is -1.10. The van der Waals surface area contributed by atoms with Crippen LogP contribution in [0.1, 0.15) is 18.9 Å². The van der Waals surface area contributed by atoms with Gasteiger partial charge in [-0.2, -0.15) is 0 Å². The third kappa shape index (κ3) is 4.34. The number of anilines is 1. The van der Waals surface area contributed by atoms with Gasteiger partial charge in [-0.3, -0.25) is 4.79 Å². The summed E-state index contributed by atoms with van der Waals surface area (Å²) in [5.74, 6) is 0.655. The predicted molar refractivity (Wildman–Crippen MR) is 71.2 cm³/mol. The number of ether oxygens (including phenoxy) is 1. The van der Waals surface area contributed by atoms with E-state index in [1.54, 1.807) is 13.1 Å². The number of aryl methyl sites for hydroxylation is 1. The van der Waals surface area contributed by atoms with Gasteiger partial charge in [0.05, 0.1) is 17.5 Å². The maximum absolute atomic E-state index is 11.2. The van der Waals surface area contributed by atoms with Crippen molar-refractivity contribution >= 4 is 27.7 Å². The molecule has 0 N–H and O–H groups in total. The van der Waals surface area contributed by atoms with Crippen molar-refractivity contribution in [1.29, 1.82) is 0 Å². The lowest BCUT2D eigenvalue weighted by atomic mass is 10.3. The number of carbonyl (C=O) groups excluding carboxylic acids is 1. The van der Waals surface area contributed by atoms with Gasteiger partial charge in [0.25, 0.3) is 0 Å². The van der Waals surface area contributed by atoms with Crippen molar-refractivity contribution in [1.82, 2.24) is 4.98 Å². The van der Waals surface area contributed by atoms with Crippen molar-refractivity contribution in [2.45, 2.75) is 20.3 Å². The smallest absolute Gasteiger partial charge is 0.307 e. The Morgan fingerprint density at radius 3 is 2.88 bits per heavy atom. The summed E-state index contributed by atoms with van der Waals surface area (Å²) in [4.78, 5) is 17.5. The van der Waals surface area contributed by atoms with Crippen LogP contribution in [-0.2, 0) is 9.53 Å². The SMILES string of the molecule is CCOC(=O)CCN(C)c1ncc(C)cc1Br. The standard InChI is InChI=1S/C12H17BrN2O2/c1-4-17-11(16)5-6-15(3)12-10(13)7-9(2)8-14-12/h7-8H,4-6H2,1-3H3. The Morgan fingerprint density at radius 1 is 1.59 bits per heavy atom. The van der Waals surface area contributed by atoms with Crippen molar-refractivity contribution in [3.63, 3.8) is 0 Å². The molecule has 0 aromatic carbocycles. The molecule has 0 amide bonds. The fourth-order valence-electron chi connectivity index (χ4n) is 1.41. The highest BCUT2D eigenvalue weighted by atomic mass is 79.9. The number of pyridine rings is 1. The molecule has 5 heteroatoms. The van der Waals surface area contributed by atoms with Crippen LogP contribution in [0.4, 0.5) is 5.82 Å². The normalized spacial score (nSPS) is 10.1. The number of hydrogen-bond acceptors (Lipinski definition) is 4. The van der Waals surface area contributed by atoms with Crippen molar-refractivity contribution in [3.05, 3.63) is 22.3 Å². The molecule has 0 saturated heterocycles. The summed E-state index contributed by atoms with van der Waals surface area (Å²) in [6, 6.07) is 2.00. The molecule has 0 atom stereocenters. The summed E-state index contributed by atoms with van der Waals surface area (Å²) in [6.07, 6.45) is 2.17. The summed E-state index contributed by atoms with van der Waals surface area (Å²) < 4.78 is 5.81. The lowest BCUT2D eigenvalue weighted by Gasteiger charge is -2.19. The fourth-order valence-corrected chi connectivity index (χ4v) is 2.17. The van der Waals surface area contributed by atoms with Crippen molar-refractivity contribution in [3.8, 4) is 0 Å². The highest BCUT2D eigenvalue weighted by molar-refractivity contribution is 9.10. The van der Waals surface area contributed by atoms with E-state index in [0.29, 0.717) is 19.6 Å². The molecule has 0 bridgehead atoms. The summed E-state index contributed by atoms with van der Waals surface area (Å²) in [5.41, 5.74) is 1.10. The molecule has 0 fully saturated rings. The first kappa shape index (κ1) is 14.0. The number of carbonyl (C=O) groups is 1. The Kier molecular flexibility index (Phi) is 5.41. The van der Waals surface area contributed by atoms with E-state index in [1.165, 1.54) is 0 Å². The van der Waals surface area contributed by atoms with Gasteiger partial charge in [-0.1, -0.05) is 0 Å². The zero-order valence-electron chi connectivity index (χ0n) is 10.4. The van der Waals surface area contributed by atoms with Gasteiger partial charge in [0.1, 0.15) is 5.82 Å². The van der Waals surface area contributed by atoms with Gasteiger partial charge >= 0.3 is 5.97 Å². The van der Waals surface area contributed by atoms with Crippen LogP contribution >= 0.6 is 15.9 Å². The molecule has 1 rings (SSSR count). The van der Waals surface area contributed by atoms with Crippen molar-refractivity contribution in [2.24, 2.45) is 0 Å². The van der Waals surface area contributed by atoms with E-state index in [2.05, 4.69) is 20.9 Å². The molecule has 0 aliphatic heterocycles. The number of hydrogen-bond donors (Lipinski definition) is 0. The van der Waals surface area contributed by atoms with E-state index in [0.717, 1.165) is 15.9 Å². The van der Waals surface area contributed by atoms with Crippen LogP contribution in [0.3, 0.4) is 0 Å². The van der Waals surface area contributed by atoms with Crippen LogP contribution in [0.25, 0.3) is 0 Å². The fraction of sp³-hybridized carbons (Fsp3) is 0.500. The van der Waals surface area contributed by atoms with Crippen LogP contribution in [-0.4, -0.2) is 31.2 Å². The number of rotatable bonds is 5. The number of halogens is 1. The molecule has 0 saturated carbocycles. The van der Waals surface area contributed by atoms with Crippen LogP contribution < -0.4 is 4.90 Å². The van der Waals surface area contributed by atoms with E-state index in [9.17, 15) is 4.79 Å². The van der Waals surface area contributed by atoms with Gasteiger partial charge in [0.15, 0.2) is 0 Å². The molecule has 1 heterocycles. The second-order valence-corrected chi connectivity index (χ2v) is 4.65. The first-order valence-corrected chi connectivity index (χ1v) is 6.32. The van der Waals surface area contributed by atoms with Crippen molar-refractivity contribution in [2.75, 3.05) is 25.1 Å². The highest BCUT2D eigenvalue weighted by Crippen LogP contribution is 2.23. The number of aromatic nitrogens is 1. The summed E-state index contributed by atoms with van der Waals surface area (Å²) in [7, 11) is 1.90. The summed E-state index contributed by atoms with van der Waals surface area (Å²) >= 11 is 3.47. The zero-order valence-corrected chi connectivity index (χ0v) is 12.0. The van der Waals surface area contributed by atoms with E-state index in [4.69, 9.17) is 4.74 Å². The molecule has 1 aromatic heterocycles. The minimum Gasteiger partial charge on any atom is -0.466 e. The van der Waals surface area contributed by atoms with Gasteiger partial charge in [0.2, 0.25) is 0 Å². The topological polar surface area (TPSA) is 42.4 Å². The monoisotopic (exact) mass is 300 g/mol. The van der Waals surface area contributed by atoms with Gasteiger partial charge < -0.3 is 9.64 Å². The average Bonchev–Trinajstić information content (AvgIpc) is 2.26. The van der Waals surface area contributed by atoms with E-state index >= 15 is 0 Å². The Labute approximate surface area is 110 Å². The Morgan fingerprint density at radius 2 is 2.29 bits per heavy atom. The predicted octanol–water partition coefficient (Wildman–Crippen LogP) is 2.54.